The maximum absolute atomic E-state index is 5.84. The molecule has 1 aromatic carbocycles. The molecule has 20 heavy (non-hydrogen) atoms. The van der Waals surface area contributed by atoms with Crippen LogP contribution in [0.25, 0.3) is 0 Å². The van der Waals surface area contributed by atoms with Gasteiger partial charge in [-0.05, 0) is 31.2 Å². The van der Waals surface area contributed by atoms with Crippen molar-refractivity contribution >= 4 is 17.4 Å². The number of aromatic nitrogens is 2. The Morgan fingerprint density at radius 2 is 1.95 bits per heavy atom. The second-order valence-corrected chi connectivity index (χ2v) is 4.39. The molecule has 0 saturated heterocycles. The van der Waals surface area contributed by atoms with E-state index in [1.807, 2.05) is 6.92 Å². The van der Waals surface area contributed by atoms with E-state index in [2.05, 4.69) is 15.3 Å². The fraction of sp³-hybridized carbons (Fsp3) is 0.286. The van der Waals surface area contributed by atoms with Crippen LogP contribution in [-0.4, -0.2) is 23.6 Å². The third-order valence-corrected chi connectivity index (χ3v) is 2.73. The van der Waals surface area contributed by atoms with Gasteiger partial charge in [-0.2, -0.15) is 4.98 Å². The fourth-order valence-electron chi connectivity index (χ4n) is 1.53. The molecule has 0 aliphatic heterocycles. The van der Waals surface area contributed by atoms with Crippen LogP contribution in [0.15, 0.2) is 30.3 Å². The minimum Gasteiger partial charge on any atom is -0.439 e. The number of benzene rings is 1. The van der Waals surface area contributed by atoms with Crippen molar-refractivity contribution in [1.82, 2.24) is 9.97 Å². The van der Waals surface area contributed by atoms with Crippen molar-refractivity contribution in [3.8, 4) is 11.6 Å². The lowest BCUT2D eigenvalue weighted by Gasteiger charge is -2.09. The number of halogens is 1. The third-order valence-electron chi connectivity index (χ3n) is 2.48. The van der Waals surface area contributed by atoms with Gasteiger partial charge in [-0.1, -0.05) is 11.6 Å². The number of nitrogens with zero attached hydrogens (tertiary/aromatic N) is 2. The van der Waals surface area contributed by atoms with Gasteiger partial charge in [-0.15, -0.1) is 0 Å². The van der Waals surface area contributed by atoms with Crippen LogP contribution in [0.5, 0.6) is 11.6 Å². The summed E-state index contributed by atoms with van der Waals surface area (Å²) >= 11 is 5.84. The first-order chi connectivity index (χ1) is 9.71. The summed E-state index contributed by atoms with van der Waals surface area (Å²) in [5, 5.41) is 3.63. The largest absolute Gasteiger partial charge is 0.439 e. The van der Waals surface area contributed by atoms with Gasteiger partial charge >= 0.3 is 0 Å². The summed E-state index contributed by atoms with van der Waals surface area (Å²) in [6.07, 6.45) is 0. The van der Waals surface area contributed by atoms with E-state index in [0.717, 1.165) is 0 Å². The molecule has 0 fully saturated rings. The van der Waals surface area contributed by atoms with Gasteiger partial charge in [-0.3, -0.25) is 0 Å². The van der Waals surface area contributed by atoms with Crippen molar-refractivity contribution in [3.05, 3.63) is 41.2 Å². The minimum absolute atomic E-state index is 0.350. The number of ether oxygens (including phenoxy) is 2. The molecule has 1 heterocycles. The maximum atomic E-state index is 5.84. The zero-order valence-corrected chi connectivity index (χ0v) is 12.1. The average molecular weight is 294 g/mol. The number of rotatable bonds is 6. The molecule has 2 aromatic rings. The molecule has 0 unspecified atom stereocenters. The molecule has 0 saturated carbocycles. The molecule has 0 aliphatic carbocycles. The molecule has 1 N–H and O–H groups in total. The normalized spacial score (nSPS) is 10.3. The van der Waals surface area contributed by atoms with Crippen LogP contribution < -0.4 is 10.1 Å². The highest BCUT2D eigenvalue weighted by Crippen LogP contribution is 2.23. The highest BCUT2D eigenvalue weighted by Gasteiger charge is 2.06. The van der Waals surface area contributed by atoms with Crippen molar-refractivity contribution in [2.24, 2.45) is 0 Å². The average Bonchev–Trinajstić information content (AvgIpc) is 2.47. The van der Waals surface area contributed by atoms with E-state index in [9.17, 15) is 0 Å². The molecule has 5 nitrogen and oxygen atoms in total. The van der Waals surface area contributed by atoms with Crippen LogP contribution in [0.3, 0.4) is 0 Å². The van der Waals surface area contributed by atoms with Gasteiger partial charge in [-0.25, -0.2) is 4.98 Å². The van der Waals surface area contributed by atoms with E-state index >= 15 is 0 Å². The summed E-state index contributed by atoms with van der Waals surface area (Å²) in [5.74, 6) is 2.38. The predicted octanol–water partition coefficient (Wildman–Crippen LogP) is 3.50. The number of hydrogen-bond acceptors (Lipinski definition) is 5. The van der Waals surface area contributed by atoms with Gasteiger partial charge in [0.1, 0.15) is 18.2 Å². The summed E-state index contributed by atoms with van der Waals surface area (Å²) in [7, 11) is 1.79. The van der Waals surface area contributed by atoms with Crippen molar-refractivity contribution in [2.75, 3.05) is 19.0 Å². The second kappa shape index (κ2) is 7.07. The first-order valence-corrected chi connectivity index (χ1v) is 6.66. The summed E-state index contributed by atoms with van der Waals surface area (Å²) in [6, 6.07) is 8.82. The molecular weight excluding hydrogens is 278 g/mol. The molecular formula is C14H16ClN3O2. The SMILES string of the molecule is CCOCc1nc(NC)cc(Oc2ccc(Cl)cc2)n1. The van der Waals surface area contributed by atoms with Crippen molar-refractivity contribution in [1.29, 1.82) is 0 Å². The van der Waals surface area contributed by atoms with Gasteiger partial charge in [0.2, 0.25) is 5.88 Å². The monoisotopic (exact) mass is 293 g/mol. The van der Waals surface area contributed by atoms with Crippen molar-refractivity contribution < 1.29 is 9.47 Å². The second-order valence-electron chi connectivity index (χ2n) is 3.95. The number of nitrogens with one attached hydrogen (secondary N) is 1. The molecule has 106 valence electrons. The third kappa shape index (κ3) is 4.08. The highest BCUT2D eigenvalue weighted by atomic mass is 35.5. The van der Waals surface area contributed by atoms with E-state index in [1.165, 1.54) is 0 Å². The molecule has 0 amide bonds. The minimum atomic E-state index is 0.350. The first-order valence-electron chi connectivity index (χ1n) is 6.28. The lowest BCUT2D eigenvalue weighted by atomic mass is 10.3. The van der Waals surface area contributed by atoms with E-state index in [0.29, 0.717) is 41.5 Å². The number of anilines is 1. The van der Waals surface area contributed by atoms with Crippen molar-refractivity contribution in [3.63, 3.8) is 0 Å². The van der Waals surface area contributed by atoms with Gasteiger partial charge in [0.25, 0.3) is 0 Å². The Kier molecular flexibility index (Phi) is 5.15. The van der Waals surface area contributed by atoms with E-state index in [4.69, 9.17) is 21.1 Å². The van der Waals surface area contributed by atoms with Gasteiger partial charge in [0.05, 0.1) is 0 Å². The summed E-state index contributed by atoms with van der Waals surface area (Å²) in [4.78, 5) is 8.60. The van der Waals surface area contributed by atoms with Crippen LogP contribution in [-0.2, 0) is 11.3 Å². The Morgan fingerprint density at radius 1 is 1.20 bits per heavy atom. The lowest BCUT2D eigenvalue weighted by Crippen LogP contribution is -2.04. The fourth-order valence-corrected chi connectivity index (χ4v) is 1.66. The Balaban J connectivity index is 2.19. The summed E-state index contributed by atoms with van der Waals surface area (Å²) < 4.78 is 11.0. The summed E-state index contributed by atoms with van der Waals surface area (Å²) in [6.45, 7) is 2.89. The lowest BCUT2D eigenvalue weighted by molar-refractivity contribution is 0.128. The summed E-state index contributed by atoms with van der Waals surface area (Å²) in [5.41, 5.74) is 0. The Bertz CT molecular complexity index is 561. The van der Waals surface area contributed by atoms with Gasteiger partial charge in [0, 0.05) is 24.7 Å². The zero-order valence-electron chi connectivity index (χ0n) is 11.4. The van der Waals surface area contributed by atoms with E-state index in [1.54, 1.807) is 37.4 Å². The van der Waals surface area contributed by atoms with Crippen LogP contribution in [0.2, 0.25) is 5.02 Å². The van der Waals surface area contributed by atoms with E-state index in [-0.39, 0.29) is 0 Å². The van der Waals surface area contributed by atoms with Crippen LogP contribution >= 0.6 is 11.6 Å². The Morgan fingerprint density at radius 3 is 2.60 bits per heavy atom. The number of hydrogen-bond donors (Lipinski definition) is 1. The molecule has 0 atom stereocenters. The maximum Gasteiger partial charge on any atom is 0.224 e. The zero-order chi connectivity index (χ0) is 14.4. The highest BCUT2D eigenvalue weighted by molar-refractivity contribution is 6.30. The van der Waals surface area contributed by atoms with Crippen molar-refractivity contribution in [2.45, 2.75) is 13.5 Å². The van der Waals surface area contributed by atoms with Crippen LogP contribution in [0.4, 0.5) is 5.82 Å². The van der Waals surface area contributed by atoms with Gasteiger partial charge < -0.3 is 14.8 Å². The first kappa shape index (κ1) is 14.6. The van der Waals surface area contributed by atoms with E-state index < -0.39 is 0 Å². The Hall–Kier alpha value is -1.85. The van der Waals surface area contributed by atoms with Crippen LogP contribution in [0, 0.1) is 0 Å². The topological polar surface area (TPSA) is 56.3 Å². The molecule has 1 aromatic heterocycles. The van der Waals surface area contributed by atoms with Gasteiger partial charge in [0.15, 0.2) is 5.82 Å². The molecule has 0 radical (unpaired) electrons. The Labute approximate surface area is 122 Å². The molecule has 0 spiro atoms. The molecule has 2 rings (SSSR count). The molecule has 0 bridgehead atoms. The standard InChI is InChI=1S/C14H16ClN3O2/c1-3-19-9-13-17-12(16-2)8-14(18-13)20-11-6-4-10(15)5-7-11/h4-8H,3,9H2,1-2H3,(H,16,17,18). The van der Waals surface area contributed by atoms with Crippen LogP contribution in [0.1, 0.15) is 12.7 Å². The smallest absolute Gasteiger partial charge is 0.224 e. The molecule has 6 heteroatoms. The predicted molar refractivity (Wildman–Crippen MR) is 78.4 cm³/mol. The molecule has 0 aliphatic rings. The quantitative estimate of drug-likeness (QED) is 0.883.